The Balaban J connectivity index is 1.69. The van der Waals surface area contributed by atoms with Gasteiger partial charge in [0.15, 0.2) is 5.13 Å². The van der Waals surface area contributed by atoms with Crippen LogP contribution in [0.3, 0.4) is 0 Å². The smallest absolute Gasteiger partial charge is 0.301 e. The van der Waals surface area contributed by atoms with E-state index in [1.807, 2.05) is 13.8 Å². The van der Waals surface area contributed by atoms with Gasteiger partial charge in [-0.2, -0.15) is 0 Å². The third-order valence-electron chi connectivity index (χ3n) is 5.90. The van der Waals surface area contributed by atoms with Gasteiger partial charge in [0.2, 0.25) is 0 Å². The summed E-state index contributed by atoms with van der Waals surface area (Å²) in [6.45, 7) is 3.76. The van der Waals surface area contributed by atoms with E-state index in [1.54, 1.807) is 48.5 Å². The molecule has 1 N–H and O–H groups in total. The second kappa shape index (κ2) is 9.67. The molecule has 0 aliphatic carbocycles. The molecule has 3 aromatic carbocycles. The molecule has 1 amide bonds. The number of thiazole rings is 1. The fourth-order valence-electron chi connectivity index (χ4n) is 4.27. The fraction of sp³-hybridized carbons (Fsp3) is 0.179. The van der Waals surface area contributed by atoms with Crippen molar-refractivity contribution in [2.75, 3.05) is 12.0 Å². The number of ketones is 1. The molecule has 1 atom stereocenters. The first-order valence-corrected chi connectivity index (χ1v) is 12.4. The third kappa shape index (κ3) is 4.53. The van der Waals surface area contributed by atoms with Gasteiger partial charge in [-0.05, 0) is 61.9 Å². The van der Waals surface area contributed by atoms with Gasteiger partial charge < -0.3 is 14.6 Å². The van der Waals surface area contributed by atoms with Crippen LogP contribution < -0.4 is 14.4 Å². The minimum atomic E-state index is -0.967. The number of aliphatic hydroxyl groups excluding tert-OH is 1. The number of Topliss-reactive ketones (excluding diaryl/α,β-unsaturated/α-hetero) is 1. The lowest BCUT2D eigenvalue weighted by atomic mass is 9.95. The molecule has 188 valence electrons. The van der Waals surface area contributed by atoms with Crippen LogP contribution in [0.2, 0.25) is 0 Å². The average Bonchev–Trinajstić information content (AvgIpc) is 3.41. The summed E-state index contributed by atoms with van der Waals surface area (Å²) in [5.41, 5.74) is 1.32. The normalized spacial score (nSPS) is 17.1. The van der Waals surface area contributed by atoms with Crippen LogP contribution in [0.4, 0.5) is 9.52 Å². The van der Waals surface area contributed by atoms with Gasteiger partial charge in [-0.15, -0.1) is 0 Å². The Bertz CT molecular complexity index is 1540. The van der Waals surface area contributed by atoms with Crippen LogP contribution in [0.15, 0.2) is 72.3 Å². The first-order chi connectivity index (χ1) is 17.8. The number of nitrogens with zero attached hydrogens (tertiary/aromatic N) is 2. The van der Waals surface area contributed by atoms with Crippen molar-refractivity contribution in [3.05, 3.63) is 89.2 Å². The fourth-order valence-corrected chi connectivity index (χ4v) is 5.28. The van der Waals surface area contributed by atoms with E-state index in [1.165, 1.54) is 30.2 Å². The van der Waals surface area contributed by atoms with Crippen LogP contribution in [-0.2, 0) is 9.59 Å². The Morgan fingerprint density at radius 1 is 1.05 bits per heavy atom. The summed E-state index contributed by atoms with van der Waals surface area (Å²) in [6.07, 6.45) is -0.0915. The molecule has 0 saturated carbocycles. The molecule has 0 bridgehead atoms. The van der Waals surface area contributed by atoms with Crippen LogP contribution >= 0.6 is 11.3 Å². The zero-order valence-corrected chi connectivity index (χ0v) is 21.1. The number of anilines is 1. The van der Waals surface area contributed by atoms with Crippen molar-refractivity contribution in [1.82, 2.24) is 4.98 Å². The van der Waals surface area contributed by atoms with E-state index in [-0.39, 0.29) is 22.6 Å². The molecule has 1 fully saturated rings. The van der Waals surface area contributed by atoms with E-state index < -0.39 is 23.5 Å². The molecule has 2 heterocycles. The number of aliphatic hydroxyl groups is 1. The zero-order valence-electron chi connectivity index (χ0n) is 20.3. The highest BCUT2D eigenvalue weighted by Crippen LogP contribution is 2.44. The Hall–Kier alpha value is -4.24. The van der Waals surface area contributed by atoms with Crippen molar-refractivity contribution in [2.24, 2.45) is 0 Å². The van der Waals surface area contributed by atoms with E-state index >= 15 is 0 Å². The second-order valence-electron chi connectivity index (χ2n) is 8.75. The van der Waals surface area contributed by atoms with Gasteiger partial charge in [-0.25, -0.2) is 9.37 Å². The van der Waals surface area contributed by atoms with E-state index in [2.05, 4.69) is 4.98 Å². The second-order valence-corrected chi connectivity index (χ2v) is 9.75. The molecular weight excluding hydrogens is 495 g/mol. The molecule has 4 aromatic rings. The Morgan fingerprint density at radius 2 is 1.81 bits per heavy atom. The summed E-state index contributed by atoms with van der Waals surface area (Å²) in [5, 5.41) is 11.6. The highest BCUT2D eigenvalue weighted by Gasteiger charge is 2.48. The predicted octanol–water partition coefficient (Wildman–Crippen LogP) is 5.86. The summed E-state index contributed by atoms with van der Waals surface area (Å²) in [7, 11) is 1.54. The van der Waals surface area contributed by atoms with E-state index in [0.29, 0.717) is 32.8 Å². The maximum atomic E-state index is 13.8. The number of hydrogen-bond acceptors (Lipinski definition) is 7. The Kier molecular flexibility index (Phi) is 6.39. The first kappa shape index (κ1) is 24.5. The van der Waals surface area contributed by atoms with Gasteiger partial charge in [0.05, 0.1) is 35.0 Å². The van der Waals surface area contributed by atoms with Gasteiger partial charge in [0.1, 0.15) is 23.1 Å². The number of benzene rings is 3. The Morgan fingerprint density at radius 3 is 2.51 bits per heavy atom. The van der Waals surface area contributed by atoms with Crippen LogP contribution in [0.5, 0.6) is 11.5 Å². The average molecular weight is 519 g/mol. The minimum Gasteiger partial charge on any atom is -0.507 e. The van der Waals surface area contributed by atoms with E-state index in [4.69, 9.17) is 9.47 Å². The van der Waals surface area contributed by atoms with Gasteiger partial charge in [0, 0.05) is 5.56 Å². The number of amides is 1. The Labute approximate surface area is 216 Å². The topological polar surface area (TPSA) is 89.0 Å². The zero-order chi connectivity index (χ0) is 26.3. The van der Waals surface area contributed by atoms with Crippen molar-refractivity contribution in [2.45, 2.75) is 26.0 Å². The quantitative estimate of drug-likeness (QED) is 0.195. The number of fused-ring (bicyclic) bond motifs is 1. The van der Waals surface area contributed by atoms with Crippen LogP contribution in [0.25, 0.3) is 16.0 Å². The number of halogens is 1. The van der Waals surface area contributed by atoms with Crippen LogP contribution in [0.1, 0.15) is 31.0 Å². The summed E-state index contributed by atoms with van der Waals surface area (Å²) in [4.78, 5) is 32.5. The molecule has 5 rings (SSSR count). The number of methoxy groups -OCH3 is 1. The highest BCUT2D eigenvalue weighted by molar-refractivity contribution is 7.22. The monoisotopic (exact) mass is 518 g/mol. The number of aromatic nitrogens is 1. The lowest BCUT2D eigenvalue weighted by molar-refractivity contribution is -0.132. The van der Waals surface area contributed by atoms with E-state index in [9.17, 15) is 19.1 Å². The number of rotatable bonds is 6. The molecule has 0 radical (unpaired) electrons. The summed E-state index contributed by atoms with van der Waals surface area (Å²) >= 11 is 1.09. The molecule has 37 heavy (non-hydrogen) atoms. The molecule has 1 aliphatic heterocycles. The summed E-state index contributed by atoms with van der Waals surface area (Å²) < 4.78 is 25.3. The van der Waals surface area contributed by atoms with Gasteiger partial charge in [-0.1, -0.05) is 35.6 Å². The molecule has 1 saturated heterocycles. The molecule has 1 aromatic heterocycles. The molecule has 9 heteroatoms. The van der Waals surface area contributed by atoms with Gasteiger partial charge >= 0.3 is 5.91 Å². The van der Waals surface area contributed by atoms with Crippen LogP contribution in [0, 0.1) is 5.82 Å². The molecular formula is C28H23FN2O5S. The van der Waals surface area contributed by atoms with Crippen molar-refractivity contribution < 1.29 is 28.6 Å². The maximum absolute atomic E-state index is 13.8. The van der Waals surface area contributed by atoms with Crippen molar-refractivity contribution in [3.8, 4) is 11.5 Å². The third-order valence-corrected chi connectivity index (χ3v) is 6.92. The maximum Gasteiger partial charge on any atom is 0.301 e. The SMILES string of the molecule is COc1ccc(C2/C(=C(\O)c3cccc(OC(C)C)c3)C(=O)C(=O)N2c2nc3ccc(F)cc3s2)cc1. The number of ether oxygens (including phenoxy) is 2. The lowest BCUT2D eigenvalue weighted by Crippen LogP contribution is -2.29. The summed E-state index contributed by atoms with van der Waals surface area (Å²) in [6, 6.07) is 16.7. The number of carbonyl (C=O) groups is 2. The lowest BCUT2D eigenvalue weighted by Gasteiger charge is -2.23. The minimum absolute atomic E-state index is 0.0812. The highest BCUT2D eigenvalue weighted by atomic mass is 32.1. The predicted molar refractivity (Wildman–Crippen MR) is 140 cm³/mol. The van der Waals surface area contributed by atoms with Crippen molar-refractivity contribution in [1.29, 1.82) is 0 Å². The van der Waals surface area contributed by atoms with Crippen molar-refractivity contribution >= 4 is 44.1 Å². The first-order valence-electron chi connectivity index (χ1n) is 11.5. The standard InChI is InChI=1S/C28H23FN2O5S/c1-15(2)36-20-6-4-5-17(13-20)25(32)23-24(16-7-10-19(35-3)11-8-16)31(27(34)26(23)33)28-30-21-12-9-18(29)14-22(21)37-28/h4-15,24,32H,1-3H3/b25-23+. The molecule has 0 spiro atoms. The van der Waals surface area contributed by atoms with Crippen molar-refractivity contribution in [3.63, 3.8) is 0 Å². The molecule has 1 aliphatic rings. The largest absolute Gasteiger partial charge is 0.507 e. The number of carbonyl (C=O) groups excluding carboxylic acids is 2. The van der Waals surface area contributed by atoms with Crippen LogP contribution in [-0.4, -0.2) is 35.0 Å². The van der Waals surface area contributed by atoms with Gasteiger partial charge in [-0.3, -0.25) is 14.5 Å². The van der Waals surface area contributed by atoms with Gasteiger partial charge in [0.25, 0.3) is 5.78 Å². The van der Waals surface area contributed by atoms with E-state index in [0.717, 1.165) is 11.3 Å². The molecule has 7 nitrogen and oxygen atoms in total. The molecule has 1 unspecified atom stereocenters. The number of hydrogen-bond donors (Lipinski definition) is 1. The summed E-state index contributed by atoms with van der Waals surface area (Å²) in [5.74, 6) is -1.34.